The van der Waals surface area contributed by atoms with Gasteiger partial charge in [0.25, 0.3) is 11.8 Å². The highest BCUT2D eigenvalue weighted by Crippen LogP contribution is 2.35. The minimum atomic E-state index is -0.491. The summed E-state index contributed by atoms with van der Waals surface area (Å²) in [4.78, 5) is 43.4. The summed E-state index contributed by atoms with van der Waals surface area (Å²) in [6.07, 6.45) is 6.06. The summed E-state index contributed by atoms with van der Waals surface area (Å²) < 4.78 is 11.3. The first-order valence-corrected chi connectivity index (χ1v) is 12.1. The molecule has 0 spiro atoms. The summed E-state index contributed by atoms with van der Waals surface area (Å²) in [5.41, 5.74) is 0.780. The molecule has 1 aromatic carbocycles. The molecular formula is C25H25ClN4O5. The number of carbonyl (C=O) groups excluding carboxylic acids is 3. The molecule has 2 fully saturated rings. The number of carbonyl (C=O) groups is 3. The van der Waals surface area contributed by atoms with E-state index in [0.29, 0.717) is 34.1 Å². The topological polar surface area (TPSA) is 105 Å². The zero-order chi connectivity index (χ0) is 24.4. The average Bonchev–Trinajstić information content (AvgIpc) is 3.33. The molecule has 2 aromatic heterocycles. The van der Waals surface area contributed by atoms with Gasteiger partial charge in [0.05, 0.1) is 18.2 Å². The van der Waals surface area contributed by atoms with E-state index in [-0.39, 0.29) is 36.6 Å². The van der Waals surface area contributed by atoms with E-state index in [4.69, 9.17) is 20.8 Å². The summed E-state index contributed by atoms with van der Waals surface area (Å²) in [5.74, 6) is -0.718. The number of aromatic nitrogens is 1. The number of hydrogen-bond donors (Lipinski definition) is 1. The van der Waals surface area contributed by atoms with Crippen LogP contribution < -0.4 is 10.3 Å². The van der Waals surface area contributed by atoms with Crippen molar-refractivity contribution in [1.29, 1.82) is 0 Å². The first-order chi connectivity index (χ1) is 17.0. The molecule has 1 aliphatic heterocycles. The molecule has 1 saturated heterocycles. The van der Waals surface area contributed by atoms with Crippen LogP contribution in [0.4, 0.5) is 11.5 Å². The Labute approximate surface area is 206 Å². The lowest BCUT2D eigenvalue weighted by Gasteiger charge is -2.39. The maximum atomic E-state index is 13.7. The van der Waals surface area contributed by atoms with Crippen LogP contribution in [0.25, 0.3) is 11.0 Å². The number of anilines is 2. The fourth-order valence-electron chi connectivity index (χ4n) is 4.57. The Kier molecular flexibility index (Phi) is 6.70. The van der Waals surface area contributed by atoms with Gasteiger partial charge in [0.15, 0.2) is 11.3 Å². The van der Waals surface area contributed by atoms with Gasteiger partial charge >= 0.3 is 0 Å². The molecule has 3 aromatic rings. The number of ether oxygens (including phenoxy) is 1. The van der Waals surface area contributed by atoms with Crippen molar-refractivity contribution in [2.24, 2.45) is 5.92 Å². The first kappa shape index (κ1) is 23.3. The number of fused-ring (bicyclic) bond motifs is 1. The maximum absolute atomic E-state index is 13.7. The van der Waals surface area contributed by atoms with Crippen LogP contribution in [0.3, 0.4) is 0 Å². The summed E-state index contributed by atoms with van der Waals surface area (Å²) >= 11 is 5.86. The number of rotatable bonds is 5. The Hall–Kier alpha value is -3.43. The van der Waals surface area contributed by atoms with E-state index >= 15 is 0 Å². The normalized spacial score (nSPS) is 16.9. The van der Waals surface area contributed by atoms with E-state index in [1.165, 1.54) is 16.2 Å². The van der Waals surface area contributed by atoms with E-state index in [2.05, 4.69) is 10.3 Å². The van der Waals surface area contributed by atoms with Gasteiger partial charge in [-0.25, -0.2) is 15.0 Å². The number of amides is 3. The lowest BCUT2D eigenvalue weighted by Crippen LogP contribution is -2.56. The number of nitrogens with one attached hydrogen (secondary N) is 1. The first-order valence-electron chi connectivity index (χ1n) is 11.7. The number of pyridine rings is 1. The molecule has 182 valence electrons. The van der Waals surface area contributed by atoms with Crippen LogP contribution in [0, 0.1) is 5.92 Å². The van der Waals surface area contributed by atoms with E-state index in [1.807, 2.05) is 0 Å². The zero-order valence-electron chi connectivity index (χ0n) is 19.0. The molecule has 2 aliphatic rings. The summed E-state index contributed by atoms with van der Waals surface area (Å²) in [6, 6.07) is 10.1. The summed E-state index contributed by atoms with van der Waals surface area (Å²) in [5, 5.41) is 6.65. The van der Waals surface area contributed by atoms with Crippen molar-refractivity contribution in [2.45, 2.75) is 32.1 Å². The predicted octanol–water partition coefficient (Wildman–Crippen LogP) is 4.42. The SMILES string of the molecule is O=C(Nc1ccc(Cl)cn1)c1cc2cccc(N(C(=O)C3CCCCC3)N3CCOCC3=O)c2o1. The predicted molar refractivity (Wildman–Crippen MR) is 130 cm³/mol. The third-order valence-corrected chi connectivity index (χ3v) is 6.53. The van der Waals surface area contributed by atoms with Crippen molar-refractivity contribution in [3.05, 3.63) is 53.4 Å². The van der Waals surface area contributed by atoms with Gasteiger partial charge in [-0.15, -0.1) is 0 Å². The molecule has 3 heterocycles. The number of nitrogens with zero attached hydrogens (tertiary/aromatic N) is 3. The average molecular weight is 497 g/mol. The Morgan fingerprint density at radius 3 is 2.71 bits per heavy atom. The minimum absolute atomic E-state index is 0.0579. The molecule has 0 bridgehead atoms. The van der Waals surface area contributed by atoms with Crippen molar-refractivity contribution in [3.63, 3.8) is 0 Å². The van der Waals surface area contributed by atoms with Crippen molar-refractivity contribution in [2.75, 3.05) is 30.1 Å². The quantitative estimate of drug-likeness (QED) is 0.560. The molecule has 0 unspecified atom stereocenters. The van der Waals surface area contributed by atoms with Crippen molar-refractivity contribution >= 4 is 51.8 Å². The molecule has 1 N–H and O–H groups in total. The van der Waals surface area contributed by atoms with Gasteiger partial charge in [0, 0.05) is 17.5 Å². The fourth-order valence-corrected chi connectivity index (χ4v) is 4.68. The van der Waals surface area contributed by atoms with Crippen LogP contribution in [0.1, 0.15) is 42.7 Å². The highest BCUT2D eigenvalue weighted by Gasteiger charge is 2.36. The lowest BCUT2D eigenvalue weighted by atomic mass is 9.88. The molecule has 3 amide bonds. The molecule has 1 saturated carbocycles. The molecule has 10 heteroatoms. The molecular weight excluding hydrogens is 472 g/mol. The zero-order valence-corrected chi connectivity index (χ0v) is 19.8. The van der Waals surface area contributed by atoms with Crippen LogP contribution in [-0.4, -0.2) is 47.5 Å². The highest BCUT2D eigenvalue weighted by molar-refractivity contribution is 6.30. The third-order valence-electron chi connectivity index (χ3n) is 6.31. The molecule has 0 atom stereocenters. The van der Waals surface area contributed by atoms with Crippen LogP contribution in [0.5, 0.6) is 0 Å². The standard InChI is InChI=1S/C25H25ClN4O5/c26-18-9-10-21(27-14-18)28-24(32)20-13-17-7-4-8-19(23(17)35-20)30(29-11-12-34-15-22(29)31)25(33)16-5-2-1-3-6-16/h4,7-10,13-14,16H,1-3,5-6,11-12,15H2,(H,27,28,32). The van der Waals surface area contributed by atoms with Crippen LogP contribution in [0.2, 0.25) is 5.02 Å². The molecule has 35 heavy (non-hydrogen) atoms. The van der Waals surface area contributed by atoms with Crippen molar-refractivity contribution < 1.29 is 23.5 Å². The second-order valence-electron chi connectivity index (χ2n) is 8.68. The second-order valence-corrected chi connectivity index (χ2v) is 9.11. The Morgan fingerprint density at radius 2 is 1.97 bits per heavy atom. The smallest absolute Gasteiger partial charge is 0.292 e. The number of furan rings is 1. The van der Waals surface area contributed by atoms with E-state index in [1.54, 1.807) is 36.4 Å². The highest BCUT2D eigenvalue weighted by atomic mass is 35.5. The largest absolute Gasteiger partial charge is 0.449 e. The van der Waals surface area contributed by atoms with Gasteiger partial charge in [0.1, 0.15) is 18.1 Å². The molecule has 5 rings (SSSR count). The maximum Gasteiger partial charge on any atom is 0.292 e. The van der Waals surface area contributed by atoms with E-state index in [0.717, 1.165) is 32.1 Å². The van der Waals surface area contributed by atoms with Gasteiger partial charge in [0.2, 0.25) is 5.91 Å². The molecule has 0 radical (unpaired) electrons. The van der Waals surface area contributed by atoms with Crippen molar-refractivity contribution in [1.82, 2.24) is 9.99 Å². The monoisotopic (exact) mass is 496 g/mol. The number of halogens is 1. The Bertz CT molecular complexity index is 1250. The number of para-hydroxylation sites is 1. The molecule has 1 aliphatic carbocycles. The van der Waals surface area contributed by atoms with E-state index < -0.39 is 5.91 Å². The van der Waals surface area contributed by atoms with E-state index in [9.17, 15) is 14.4 Å². The summed E-state index contributed by atoms with van der Waals surface area (Å²) in [7, 11) is 0. The Balaban J connectivity index is 1.51. The van der Waals surface area contributed by atoms with Gasteiger partial charge in [-0.05, 0) is 37.1 Å². The number of benzene rings is 1. The van der Waals surface area contributed by atoms with Crippen LogP contribution >= 0.6 is 11.6 Å². The number of hydrogen-bond acceptors (Lipinski definition) is 6. The van der Waals surface area contributed by atoms with Crippen LogP contribution in [0.15, 0.2) is 47.0 Å². The number of hydrazine groups is 1. The summed E-state index contributed by atoms with van der Waals surface area (Å²) in [6.45, 7) is 0.490. The minimum Gasteiger partial charge on any atom is -0.449 e. The Morgan fingerprint density at radius 1 is 1.14 bits per heavy atom. The van der Waals surface area contributed by atoms with Gasteiger partial charge < -0.3 is 14.5 Å². The van der Waals surface area contributed by atoms with Gasteiger partial charge in [-0.1, -0.05) is 43.0 Å². The third kappa shape index (κ3) is 4.87. The molecule has 9 nitrogen and oxygen atoms in total. The van der Waals surface area contributed by atoms with Crippen molar-refractivity contribution in [3.8, 4) is 0 Å². The second kappa shape index (κ2) is 10.1. The van der Waals surface area contributed by atoms with Crippen LogP contribution in [-0.2, 0) is 14.3 Å². The number of morpholine rings is 1. The lowest BCUT2D eigenvalue weighted by molar-refractivity contribution is -0.148. The van der Waals surface area contributed by atoms with Gasteiger partial charge in [-0.3, -0.25) is 14.4 Å². The van der Waals surface area contributed by atoms with Gasteiger partial charge in [-0.2, -0.15) is 0 Å². The fraction of sp³-hybridized carbons (Fsp3) is 0.360.